The maximum Gasteiger partial charge on any atom is 0.0732 e. The van der Waals surface area contributed by atoms with Gasteiger partial charge in [0.1, 0.15) is 0 Å². The molecule has 0 bridgehead atoms. The monoisotopic (exact) mass is 228 g/mol. The van der Waals surface area contributed by atoms with Crippen molar-refractivity contribution in [3.05, 3.63) is 29.0 Å². The molecule has 0 fully saturated rings. The summed E-state index contributed by atoms with van der Waals surface area (Å²) >= 11 is 5.78. The fraction of sp³-hybridized carbons (Fsp3) is 0.545. The second-order valence-corrected chi connectivity index (χ2v) is 3.80. The minimum Gasteiger partial charge on any atom is -0.383 e. The number of halogens is 1. The average Bonchev–Trinajstić information content (AvgIpc) is 2.25. The molecule has 1 aromatic heterocycles. The number of nitrogens with one attached hydrogen (secondary N) is 1. The van der Waals surface area contributed by atoms with Gasteiger partial charge in [-0.25, -0.2) is 0 Å². The van der Waals surface area contributed by atoms with Gasteiger partial charge in [0.05, 0.1) is 23.4 Å². The van der Waals surface area contributed by atoms with Gasteiger partial charge in [0, 0.05) is 13.3 Å². The van der Waals surface area contributed by atoms with E-state index in [0.717, 1.165) is 18.7 Å². The van der Waals surface area contributed by atoms with Crippen molar-refractivity contribution in [1.29, 1.82) is 0 Å². The van der Waals surface area contributed by atoms with Crippen molar-refractivity contribution in [2.24, 2.45) is 0 Å². The molecule has 0 saturated heterocycles. The molecule has 3 nitrogen and oxygen atoms in total. The van der Waals surface area contributed by atoms with E-state index in [1.54, 1.807) is 13.3 Å². The van der Waals surface area contributed by atoms with E-state index in [1.165, 1.54) is 0 Å². The lowest BCUT2D eigenvalue weighted by Crippen LogP contribution is -2.26. The summed E-state index contributed by atoms with van der Waals surface area (Å²) in [6.07, 6.45) is 2.75. The first kappa shape index (κ1) is 12.4. The van der Waals surface area contributed by atoms with Crippen molar-refractivity contribution in [2.75, 3.05) is 20.3 Å². The molecule has 0 radical (unpaired) electrons. The lowest BCUT2D eigenvalue weighted by Gasteiger charge is -2.16. The van der Waals surface area contributed by atoms with Gasteiger partial charge in [0.15, 0.2) is 0 Å². The van der Waals surface area contributed by atoms with Gasteiger partial charge in [-0.05, 0) is 25.1 Å². The van der Waals surface area contributed by atoms with E-state index in [-0.39, 0.29) is 6.04 Å². The summed E-state index contributed by atoms with van der Waals surface area (Å²) in [4.78, 5) is 4.28. The fourth-order valence-corrected chi connectivity index (χ4v) is 1.44. The van der Waals surface area contributed by atoms with Gasteiger partial charge in [0.2, 0.25) is 0 Å². The molecule has 84 valence electrons. The minimum absolute atomic E-state index is 0.146. The maximum absolute atomic E-state index is 5.78. The van der Waals surface area contributed by atoms with Gasteiger partial charge >= 0.3 is 0 Å². The Morgan fingerprint density at radius 1 is 1.53 bits per heavy atom. The van der Waals surface area contributed by atoms with Crippen LogP contribution in [0.5, 0.6) is 0 Å². The molecule has 0 amide bonds. The lowest BCUT2D eigenvalue weighted by atomic mass is 10.2. The Bertz CT molecular complexity index is 276. The number of methoxy groups -OCH3 is 1. The summed E-state index contributed by atoms with van der Waals surface area (Å²) in [5.74, 6) is 0. The molecular formula is C11H17ClN2O. The zero-order chi connectivity index (χ0) is 11.1. The maximum atomic E-state index is 5.78. The van der Waals surface area contributed by atoms with E-state index in [0.29, 0.717) is 11.6 Å². The van der Waals surface area contributed by atoms with Crippen molar-refractivity contribution >= 4 is 11.6 Å². The predicted octanol–water partition coefficient (Wildman–Crippen LogP) is 2.42. The predicted molar refractivity (Wildman–Crippen MR) is 62.2 cm³/mol. The van der Waals surface area contributed by atoms with Crippen LogP contribution in [-0.2, 0) is 4.74 Å². The number of ether oxygens (including phenoxy) is 1. The SMILES string of the molecule is CCCNC(COC)c1ccc(Cl)cn1. The average molecular weight is 229 g/mol. The van der Waals surface area contributed by atoms with E-state index >= 15 is 0 Å². The number of rotatable bonds is 6. The molecule has 1 aromatic rings. The number of hydrogen-bond acceptors (Lipinski definition) is 3. The standard InChI is InChI=1S/C11H17ClN2O/c1-3-6-13-11(8-15-2)10-5-4-9(12)7-14-10/h4-5,7,11,13H,3,6,8H2,1-2H3. The van der Waals surface area contributed by atoms with Gasteiger partial charge in [-0.2, -0.15) is 0 Å². The van der Waals surface area contributed by atoms with Crippen LogP contribution in [0.1, 0.15) is 25.1 Å². The van der Waals surface area contributed by atoms with E-state index in [2.05, 4.69) is 17.2 Å². The van der Waals surface area contributed by atoms with Crippen LogP contribution in [0.2, 0.25) is 5.02 Å². The molecule has 0 spiro atoms. The fourth-order valence-electron chi connectivity index (χ4n) is 1.33. The highest BCUT2D eigenvalue weighted by Crippen LogP contribution is 2.13. The Balaban J connectivity index is 2.65. The molecule has 0 saturated carbocycles. The Morgan fingerprint density at radius 3 is 2.87 bits per heavy atom. The topological polar surface area (TPSA) is 34.1 Å². The second-order valence-electron chi connectivity index (χ2n) is 3.36. The van der Waals surface area contributed by atoms with Crippen LogP contribution in [0.15, 0.2) is 18.3 Å². The van der Waals surface area contributed by atoms with Gasteiger partial charge in [-0.1, -0.05) is 18.5 Å². The number of nitrogens with zero attached hydrogens (tertiary/aromatic N) is 1. The first-order valence-electron chi connectivity index (χ1n) is 5.11. The Morgan fingerprint density at radius 2 is 2.33 bits per heavy atom. The smallest absolute Gasteiger partial charge is 0.0732 e. The molecule has 0 aliphatic rings. The summed E-state index contributed by atoms with van der Waals surface area (Å²) in [5.41, 5.74) is 0.967. The van der Waals surface area contributed by atoms with Crippen LogP contribution in [0.25, 0.3) is 0 Å². The number of pyridine rings is 1. The molecule has 0 aromatic carbocycles. The Labute approximate surface area is 95.8 Å². The Hall–Kier alpha value is -0.640. The third-order valence-electron chi connectivity index (χ3n) is 2.08. The van der Waals surface area contributed by atoms with Gasteiger partial charge in [0.25, 0.3) is 0 Å². The number of hydrogen-bond donors (Lipinski definition) is 1. The van der Waals surface area contributed by atoms with Crippen LogP contribution in [0.3, 0.4) is 0 Å². The molecule has 1 unspecified atom stereocenters. The summed E-state index contributed by atoms with van der Waals surface area (Å²) in [6.45, 7) is 3.71. The van der Waals surface area contributed by atoms with Gasteiger partial charge in [-0.15, -0.1) is 0 Å². The zero-order valence-corrected chi connectivity index (χ0v) is 9.92. The third-order valence-corrected chi connectivity index (χ3v) is 2.30. The van der Waals surface area contributed by atoms with Crippen molar-refractivity contribution < 1.29 is 4.74 Å². The lowest BCUT2D eigenvalue weighted by molar-refractivity contribution is 0.165. The quantitative estimate of drug-likeness (QED) is 0.812. The molecule has 0 aliphatic carbocycles. The summed E-state index contributed by atoms with van der Waals surface area (Å²) in [5, 5.41) is 4.03. The molecule has 1 N–H and O–H groups in total. The van der Waals surface area contributed by atoms with Crippen LogP contribution < -0.4 is 5.32 Å². The molecule has 1 heterocycles. The van der Waals surface area contributed by atoms with Gasteiger partial charge in [-0.3, -0.25) is 4.98 Å². The summed E-state index contributed by atoms with van der Waals surface area (Å²) in [7, 11) is 1.69. The molecule has 1 atom stereocenters. The molecular weight excluding hydrogens is 212 g/mol. The van der Waals surface area contributed by atoms with Crippen LogP contribution in [-0.4, -0.2) is 25.2 Å². The highest BCUT2D eigenvalue weighted by molar-refractivity contribution is 6.30. The van der Waals surface area contributed by atoms with Crippen LogP contribution >= 0.6 is 11.6 Å². The Kier molecular flexibility index (Phi) is 5.61. The normalized spacial score (nSPS) is 12.7. The highest BCUT2D eigenvalue weighted by Gasteiger charge is 2.11. The zero-order valence-electron chi connectivity index (χ0n) is 9.16. The second kappa shape index (κ2) is 6.77. The molecule has 0 aliphatic heterocycles. The van der Waals surface area contributed by atoms with E-state index in [4.69, 9.17) is 16.3 Å². The molecule has 4 heteroatoms. The highest BCUT2D eigenvalue weighted by atomic mass is 35.5. The number of aromatic nitrogens is 1. The minimum atomic E-state index is 0.146. The van der Waals surface area contributed by atoms with Crippen LogP contribution in [0, 0.1) is 0 Å². The first-order chi connectivity index (χ1) is 7.27. The third kappa shape index (κ3) is 4.16. The first-order valence-corrected chi connectivity index (χ1v) is 5.49. The van der Waals surface area contributed by atoms with E-state index < -0.39 is 0 Å². The molecule has 1 rings (SSSR count). The largest absolute Gasteiger partial charge is 0.383 e. The van der Waals surface area contributed by atoms with Crippen molar-refractivity contribution in [3.63, 3.8) is 0 Å². The van der Waals surface area contributed by atoms with Crippen molar-refractivity contribution in [1.82, 2.24) is 10.3 Å². The summed E-state index contributed by atoms with van der Waals surface area (Å²) in [6, 6.07) is 3.92. The van der Waals surface area contributed by atoms with E-state index in [9.17, 15) is 0 Å². The molecule has 15 heavy (non-hydrogen) atoms. The van der Waals surface area contributed by atoms with Crippen LogP contribution in [0.4, 0.5) is 0 Å². The van der Waals surface area contributed by atoms with Crippen molar-refractivity contribution in [3.8, 4) is 0 Å². The van der Waals surface area contributed by atoms with E-state index in [1.807, 2.05) is 12.1 Å². The van der Waals surface area contributed by atoms with Crippen molar-refractivity contribution in [2.45, 2.75) is 19.4 Å². The van der Waals surface area contributed by atoms with Gasteiger partial charge < -0.3 is 10.1 Å². The summed E-state index contributed by atoms with van der Waals surface area (Å²) < 4.78 is 5.15.